The number of rotatable bonds is 6. The minimum absolute atomic E-state index is 0. The van der Waals surface area contributed by atoms with Gasteiger partial charge in [0.15, 0.2) is 17.5 Å². The van der Waals surface area contributed by atoms with Gasteiger partial charge in [0, 0.05) is 24.6 Å². The van der Waals surface area contributed by atoms with Crippen molar-refractivity contribution in [3.63, 3.8) is 0 Å². The van der Waals surface area contributed by atoms with Crippen LogP contribution in [0, 0.1) is 0 Å². The molecule has 0 bridgehead atoms. The largest absolute Gasteiger partial charge is 0.454 e. The normalized spacial score (nSPS) is 15.8. The SMILES string of the molecule is CN=C(NCc1coc(-c2ccccc2)n1)NCC1(c2ccc3c(c2)OCO3)CC1.I. The summed E-state index contributed by atoms with van der Waals surface area (Å²) in [6.45, 7) is 1.64. The highest BCUT2D eigenvalue weighted by Crippen LogP contribution is 2.49. The van der Waals surface area contributed by atoms with Gasteiger partial charge in [0.05, 0.1) is 12.2 Å². The highest BCUT2D eigenvalue weighted by Gasteiger charge is 2.44. The summed E-state index contributed by atoms with van der Waals surface area (Å²) in [4.78, 5) is 8.89. The molecule has 1 saturated carbocycles. The van der Waals surface area contributed by atoms with Crippen molar-refractivity contribution in [1.29, 1.82) is 0 Å². The van der Waals surface area contributed by atoms with E-state index < -0.39 is 0 Å². The van der Waals surface area contributed by atoms with Crippen LogP contribution in [0.2, 0.25) is 0 Å². The van der Waals surface area contributed by atoms with E-state index in [-0.39, 0.29) is 29.4 Å². The monoisotopic (exact) mass is 532 g/mol. The van der Waals surface area contributed by atoms with E-state index in [9.17, 15) is 0 Å². The maximum Gasteiger partial charge on any atom is 0.231 e. The zero-order chi connectivity index (χ0) is 20.4. The van der Waals surface area contributed by atoms with Gasteiger partial charge < -0.3 is 24.5 Å². The number of nitrogens with zero attached hydrogens (tertiary/aromatic N) is 2. The van der Waals surface area contributed by atoms with Crippen molar-refractivity contribution in [3.05, 3.63) is 66.1 Å². The summed E-state index contributed by atoms with van der Waals surface area (Å²) in [6.07, 6.45) is 3.96. The molecule has 0 atom stereocenters. The van der Waals surface area contributed by atoms with Crippen molar-refractivity contribution in [2.75, 3.05) is 20.4 Å². The van der Waals surface area contributed by atoms with Crippen LogP contribution in [0.15, 0.2) is 64.2 Å². The summed E-state index contributed by atoms with van der Waals surface area (Å²) in [7, 11) is 1.77. The molecule has 31 heavy (non-hydrogen) atoms. The van der Waals surface area contributed by atoms with Gasteiger partial charge in [-0.05, 0) is 42.7 Å². The number of guanidine groups is 1. The van der Waals surface area contributed by atoms with Gasteiger partial charge in [0.1, 0.15) is 6.26 Å². The second kappa shape index (κ2) is 9.17. The Labute approximate surface area is 198 Å². The Hall–Kier alpha value is -2.75. The van der Waals surface area contributed by atoms with Gasteiger partial charge in [-0.15, -0.1) is 24.0 Å². The molecular weight excluding hydrogens is 507 g/mol. The summed E-state index contributed by atoms with van der Waals surface area (Å²) in [6, 6.07) is 16.1. The van der Waals surface area contributed by atoms with Crippen LogP contribution in [0.3, 0.4) is 0 Å². The molecule has 3 aromatic rings. The topological polar surface area (TPSA) is 80.9 Å². The minimum atomic E-state index is 0. The van der Waals surface area contributed by atoms with Gasteiger partial charge in [-0.2, -0.15) is 0 Å². The summed E-state index contributed by atoms with van der Waals surface area (Å²) in [5.74, 6) is 3.02. The number of aromatic nitrogens is 1. The van der Waals surface area contributed by atoms with Crippen molar-refractivity contribution < 1.29 is 13.9 Å². The molecule has 1 aliphatic heterocycles. The van der Waals surface area contributed by atoms with Crippen molar-refractivity contribution in [2.24, 2.45) is 4.99 Å². The number of benzene rings is 2. The van der Waals surface area contributed by atoms with Gasteiger partial charge >= 0.3 is 0 Å². The Bertz CT molecular complexity index is 1060. The lowest BCUT2D eigenvalue weighted by atomic mass is 9.95. The van der Waals surface area contributed by atoms with E-state index >= 15 is 0 Å². The Morgan fingerprint density at radius 2 is 1.87 bits per heavy atom. The maximum atomic E-state index is 5.60. The number of halogens is 1. The summed E-state index contributed by atoms with van der Waals surface area (Å²) >= 11 is 0. The van der Waals surface area contributed by atoms with Gasteiger partial charge in [-0.25, -0.2) is 4.98 Å². The summed E-state index contributed by atoms with van der Waals surface area (Å²) < 4.78 is 16.6. The molecule has 162 valence electrons. The Morgan fingerprint density at radius 1 is 1.06 bits per heavy atom. The molecular formula is C23H25IN4O3. The third-order valence-corrected chi connectivity index (χ3v) is 5.67. The fourth-order valence-corrected chi connectivity index (χ4v) is 3.69. The molecule has 2 aliphatic rings. The lowest BCUT2D eigenvalue weighted by molar-refractivity contribution is 0.174. The highest BCUT2D eigenvalue weighted by molar-refractivity contribution is 14.0. The number of aliphatic imine (C=N–C) groups is 1. The molecule has 8 heteroatoms. The average molecular weight is 532 g/mol. The van der Waals surface area contributed by atoms with Gasteiger partial charge in [-0.3, -0.25) is 4.99 Å². The number of oxazole rings is 1. The molecule has 0 spiro atoms. The Kier molecular flexibility index (Phi) is 6.35. The first-order valence-corrected chi connectivity index (χ1v) is 10.1. The third kappa shape index (κ3) is 4.63. The lowest BCUT2D eigenvalue weighted by Gasteiger charge is -2.19. The first-order chi connectivity index (χ1) is 14.8. The average Bonchev–Trinajstić information content (AvgIpc) is 3.21. The quantitative estimate of drug-likeness (QED) is 0.283. The zero-order valence-electron chi connectivity index (χ0n) is 17.3. The lowest BCUT2D eigenvalue weighted by Crippen LogP contribution is -2.40. The standard InChI is InChI=1S/C23H24N4O3.HI/c1-24-22(25-12-18-13-28-21(27-18)16-5-3-2-4-6-16)26-14-23(9-10-23)17-7-8-19-20(11-17)30-15-29-19;/h2-8,11,13H,9-10,12,14-15H2,1H3,(H2,24,25,26);1H. The molecule has 0 saturated heterocycles. The minimum Gasteiger partial charge on any atom is -0.454 e. The molecule has 5 rings (SSSR count). The molecule has 0 radical (unpaired) electrons. The predicted molar refractivity (Wildman–Crippen MR) is 129 cm³/mol. The molecule has 2 N–H and O–H groups in total. The molecule has 0 unspecified atom stereocenters. The van der Waals surface area contributed by atoms with Crippen molar-refractivity contribution in [3.8, 4) is 23.0 Å². The van der Waals surface area contributed by atoms with Crippen LogP contribution in [0.1, 0.15) is 24.1 Å². The van der Waals surface area contributed by atoms with Crippen molar-refractivity contribution in [2.45, 2.75) is 24.8 Å². The maximum absolute atomic E-state index is 5.60. The van der Waals surface area contributed by atoms with Gasteiger partial charge in [0.2, 0.25) is 12.7 Å². The van der Waals surface area contributed by atoms with Crippen LogP contribution < -0.4 is 20.1 Å². The van der Waals surface area contributed by atoms with E-state index in [4.69, 9.17) is 13.9 Å². The smallest absolute Gasteiger partial charge is 0.231 e. The van der Waals surface area contributed by atoms with Crippen LogP contribution >= 0.6 is 24.0 Å². The van der Waals surface area contributed by atoms with Crippen LogP contribution in [0.25, 0.3) is 11.5 Å². The predicted octanol–water partition coefficient (Wildman–Crippen LogP) is 4.09. The second-order valence-electron chi connectivity index (χ2n) is 7.64. The van der Waals surface area contributed by atoms with E-state index in [1.165, 1.54) is 5.56 Å². The second-order valence-corrected chi connectivity index (χ2v) is 7.64. The number of hydrogen-bond acceptors (Lipinski definition) is 5. The summed E-state index contributed by atoms with van der Waals surface area (Å²) in [5, 5.41) is 6.77. The molecule has 1 aromatic heterocycles. The third-order valence-electron chi connectivity index (χ3n) is 5.67. The van der Waals surface area contributed by atoms with E-state index in [1.807, 2.05) is 36.4 Å². The number of hydrogen-bond donors (Lipinski definition) is 2. The fraction of sp³-hybridized carbons (Fsp3) is 0.304. The number of fused-ring (bicyclic) bond motifs is 1. The van der Waals surface area contributed by atoms with E-state index in [1.54, 1.807) is 13.3 Å². The van der Waals surface area contributed by atoms with Crippen molar-refractivity contribution in [1.82, 2.24) is 15.6 Å². The molecule has 0 amide bonds. The van der Waals surface area contributed by atoms with E-state index in [2.05, 4.69) is 32.7 Å². The van der Waals surface area contributed by atoms with Crippen LogP contribution in [-0.4, -0.2) is 31.3 Å². The number of nitrogens with one attached hydrogen (secondary N) is 2. The molecule has 1 aliphatic carbocycles. The van der Waals surface area contributed by atoms with Gasteiger partial charge in [-0.1, -0.05) is 24.3 Å². The first-order valence-electron chi connectivity index (χ1n) is 10.1. The highest BCUT2D eigenvalue weighted by atomic mass is 127. The van der Waals surface area contributed by atoms with Crippen LogP contribution in [0.5, 0.6) is 11.5 Å². The molecule has 2 heterocycles. The zero-order valence-corrected chi connectivity index (χ0v) is 19.6. The van der Waals surface area contributed by atoms with Gasteiger partial charge in [0.25, 0.3) is 0 Å². The first kappa shape index (κ1) is 21.5. The van der Waals surface area contributed by atoms with E-state index in [0.29, 0.717) is 19.2 Å². The number of ether oxygens (including phenoxy) is 2. The Morgan fingerprint density at radius 3 is 2.65 bits per heavy atom. The molecule has 1 fully saturated rings. The summed E-state index contributed by atoms with van der Waals surface area (Å²) in [5.41, 5.74) is 3.19. The molecule has 7 nitrogen and oxygen atoms in total. The van der Waals surface area contributed by atoms with Crippen LogP contribution in [0.4, 0.5) is 0 Å². The fourth-order valence-electron chi connectivity index (χ4n) is 3.69. The van der Waals surface area contributed by atoms with E-state index in [0.717, 1.165) is 48.1 Å². The van der Waals surface area contributed by atoms with Crippen molar-refractivity contribution >= 4 is 29.9 Å². The Balaban J connectivity index is 0.00000231. The molecule has 2 aromatic carbocycles. The van der Waals surface area contributed by atoms with Crippen LogP contribution in [-0.2, 0) is 12.0 Å².